The van der Waals surface area contributed by atoms with Crippen LogP contribution in [0.1, 0.15) is 40.0 Å². The molecule has 0 bridgehead atoms. The maximum absolute atomic E-state index is 11.3. The first-order chi connectivity index (χ1) is 8.13. The number of methoxy groups -OCH3 is 1. The van der Waals surface area contributed by atoms with E-state index in [0.717, 1.165) is 18.6 Å². The largest absolute Gasteiger partial charge is 0.497 e. The quantitative estimate of drug-likeness (QED) is 0.522. The first-order valence-electron chi connectivity index (χ1n) is 6.33. The van der Waals surface area contributed by atoms with Gasteiger partial charge in [-0.15, -0.1) is 0 Å². The minimum absolute atomic E-state index is 0.129. The van der Waals surface area contributed by atoms with E-state index in [2.05, 4.69) is 25.2 Å². The summed E-state index contributed by atoms with van der Waals surface area (Å²) in [5.74, 6) is 1.31. The molecule has 0 heterocycles. The summed E-state index contributed by atoms with van der Waals surface area (Å²) in [6.07, 6.45) is 8.49. The molecular weight excluding hydrogens is 214 g/mol. The minimum atomic E-state index is 0.129. The lowest BCUT2D eigenvalue weighted by Crippen LogP contribution is -2.27. The standard InChI is InChI=1S/C14H25NO2/c1-5-7-13(17-4)10-9-12(3)11-15-14(16)8-6-2/h7,9-10,12H,5-6,8,11H2,1-4H3,(H,15,16)/b10-9-,13-7+. The molecule has 0 aromatic heterocycles. The van der Waals surface area contributed by atoms with Crippen molar-refractivity contribution in [3.8, 4) is 0 Å². The Labute approximate surface area is 105 Å². The SMILES string of the molecule is CC/C=C(\C=C/C(C)CNC(=O)CCC)OC. The molecule has 0 radical (unpaired) electrons. The van der Waals surface area contributed by atoms with E-state index in [1.54, 1.807) is 7.11 Å². The molecule has 0 fully saturated rings. The van der Waals surface area contributed by atoms with Crippen LogP contribution >= 0.6 is 0 Å². The van der Waals surface area contributed by atoms with Gasteiger partial charge in [-0.05, 0) is 30.9 Å². The zero-order valence-corrected chi connectivity index (χ0v) is 11.5. The maximum Gasteiger partial charge on any atom is 0.220 e. The average Bonchev–Trinajstić information content (AvgIpc) is 2.32. The van der Waals surface area contributed by atoms with E-state index < -0.39 is 0 Å². The number of ether oxygens (including phenoxy) is 1. The molecule has 0 aliphatic rings. The molecule has 0 aromatic rings. The Bertz CT molecular complexity index is 269. The number of rotatable bonds is 8. The second-order valence-corrected chi connectivity index (χ2v) is 4.11. The molecule has 0 rings (SSSR count). The molecule has 0 aliphatic carbocycles. The number of hydrogen-bond donors (Lipinski definition) is 1. The van der Waals surface area contributed by atoms with Crippen molar-refractivity contribution in [1.82, 2.24) is 5.32 Å². The van der Waals surface area contributed by atoms with Crippen LogP contribution in [0.25, 0.3) is 0 Å². The molecular formula is C14H25NO2. The summed E-state index contributed by atoms with van der Waals surface area (Å²) in [6, 6.07) is 0. The molecule has 0 saturated carbocycles. The molecule has 1 N–H and O–H groups in total. The highest BCUT2D eigenvalue weighted by molar-refractivity contribution is 5.75. The molecule has 17 heavy (non-hydrogen) atoms. The third-order valence-electron chi connectivity index (χ3n) is 2.33. The predicted molar refractivity (Wildman–Crippen MR) is 71.6 cm³/mol. The molecule has 98 valence electrons. The molecule has 3 heteroatoms. The molecule has 1 atom stereocenters. The summed E-state index contributed by atoms with van der Waals surface area (Å²) < 4.78 is 5.19. The van der Waals surface area contributed by atoms with Gasteiger partial charge in [-0.1, -0.05) is 26.8 Å². The fourth-order valence-corrected chi connectivity index (χ4v) is 1.34. The van der Waals surface area contributed by atoms with Crippen molar-refractivity contribution in [3.63, 3.8) is 0 Å². The van der Waals surface area contributed by atoms with Crippen molar-refractivity contribution in [1.29, 1.82) is 0 Å². The first-order valence-corrected chi connectivity index (χ1v) is 6.33. The second kappa shape index (κ2) is 9.94. The third kappa shape index (κ3) is 8.55. The second-order valence-electron chi connectivity index (χ2n) is 4.11. The smallest absolute Gasteiger partial charge is 0.220 e. The number of allylic oxidation sites excluding steroid dienone is 2. The van der Waals surface area contributed by atoms with Gasteiger partial charge in [0.15, 0.2) is 0 Å². The van der Waals surface area contributed by atoms with E-state index in [4.69, 9.17) is 4.74 Å². The monoisotopic (exact) mass is 239 g/mol. The van der Waals surface area contributed by atoms with Crippen LogP contribution < -0.4 is 5.32 Å². The van der Waals surface area contributed by atoms with Crippen LogP contribution in [-0.2, 0) is 9.53 Å². The van der Waals surface area contributed by atoms with Crippen LogP contribution in [0.4, 0.5) is 0 Å². The zero-order chi connectivity index (χ0) is 13.1. The summed E-state index contributed by atoms with van der Waals surface area (Å²) in [5.41, 5.74) is 0. The number of carbonyl (C=O) groups excluding carboxylic acids is 1. The van der Waals surface area contributed by atoms with E-state index in [0.29, 0.717) is 18.9 Å². The summed E-state index contributed by atoms with van der Waals surface area (Å²) in [7, 11) is 1.67. The van der Waals surface area contributed by atoms with Crippen molar-refractivity contribution in [2.75, 3.05) is 13.7 Å². The van der Waals surface area contributed by atoms with Gasteiger partial charge >= 0.3 is 0 Å². The third-order valence-corrected chi connectivity index (χ3v) is 2.33. The molecule has 1 amide bonds. The van der Waals surface area contributed by atoms with Gasteiger partial charge in [0, 0.05) is 13.0 Å². The Hall–Kier alpha value is -1.25. The number of carbonyl (C=O) groups is 1. The van der Waals surface area contributed by atoms with Crippen molar-refractivity contribution in [3.05, 3.63) is 24.0 Å². The normalized spacial score (nSPS) is 13.8. The van der Waals surface area contributed by atoms with Crippen LogP contribution in [0.3, 0.4) is 0 Å². The Morgan fingerprint density at radius 3 is 2.65 bits per heavy atom. The molecule has 0 aromatic carbocycles. The topological polar surface area (TPSA) is 38.3 Å². The van der Waals surface area contributed by atoms with Gasteiger partial charge in [-0.25, -0.2) is 0 Å². The lowest BCUT2D eigenvalue weighted by Gasteiger charge is -2.08. The molecule has 1 unspecified atom stereocenters. The molecule has 0 aliphatic heterocycles. The van der Waals surface area contributed by atoms with Crippen LogP contribution in [0.2, 0.25) is 0 Å². The van der Waals surface area contributed by atoms with Crippen LogP contribution in [-0.4, -0.2) is 19.6 Å². The summed E-state index contributed by atoms with van der Waals surface area (Å²) >= 11 is 0. The summed E-state index contributed by atoms with van der Waals surface area (Å²) in [5, 5.41) is 2.91. The minimum Gasteiger partial charge on any atom is -0.497 e. The molecule has 0 spiro atoms. The number of amides is 1. The Morgan fingerprint density at radius 2 is 2.12 bits per heavy atom. The molecule has 0 saturated heterocycles. The number of nitrogens with one attached hydrogen (secondary N) is 1. The fourth-order valence-electron chi connectivity index (χ4n) is 1.34. The van der Waals surface area contributed by atoms with Gasteiger partial charge in [-0.2, -0.15) is 0 Å². The predicted octanol–water partition coefficient (Wildman–Crippen LogP) is 3.04. The van der Waals surface area contributed by atoms with Gasteiger partial charge in [0.25, 0.3) is 0 Å². The van der Waals surface area contributed by atoms with E-state index in [1.165, 1.54) is 0 Å². The fraction of sp³-hybridized carbons (Fsp3) is 0.643. The van der Waals surface area contributed by atoms with Crippen molar-refractivity contribution < 1.29 is 9.53 Å². The summed E-state index contributed by atoms with van der Waals surface area (Å²) in [4.78, 5) is 11.3. The lowest BCUT2D eigenvalue weighted by molar-refractivity contribution is -0.121. The average molecular weight is 239 g/mol. The van der Waals surface area contributed by atoms with Crippen molar-refractivity contribution in [2.45, 2.75) is 40.0 Å². The van der Waals surface area contributed by atoms with Gasteiger partial charge in [0.1, 0.15) is 5.76 Å². The zero-order valence-electron chi connectivity index (χ0n) is 11.5. The molecule has 3 nitrogen and oxygen atoms in total. The van der Waals surface area contributed by atoms with E-state index >= 15 is 0 Å². The van der Waals surface area contributed by atoms with Crippen LogP contribution in [0.15, 0.2) is 24.0 Å². The van der Waals surface area contributed by atoms with Crippen molar-refractivity contribution >= 4 is 5.91 Å². The van der Waals surface area contributed by atoms with Gasteiger partial charge in [0.05, 0.1) is 7.11 Å². The van der Waals surface area contributed by atoms with E-state index in [-0.39, 0.29) is 5.91 Å². The maximum atomic E-state index is 11.3. The highest BCUT2D eigenvalue weighted by atomic mass is 16.5. The summed E-state index contributed by atoms with van der Waals surface area (Å²) in [6.45, 7) is 6.82. The van der Waals surface area contributed by atoms with Gasteiger partial charge in [-0.3, -0.25) is 4.79 Å². The lowest BCUT2D eigenvalue weighted by atomic mass is 10.1. The first kappa shape index (κ1) is 15.8. The van der Waals surface area contributed by atoms with Crippen LogP contribution in [0, 0.1) is 5.92 Å². The van der Waals surface area contributed by atoms with E-state index in [9.17, 15) is 4.79 Å². The Balaban J connectivity index is 3.99. The van der Waals surface area contributed by atoms with Crippen molar-refractivity contribution in [2.24, 2.45) is 5.92 Å². The van der Waals surface area contributed by atoms with Gasteiger partial charge < -0.3 is 10.1 Å². The van der Waals surface area contributed by atoms with E-state index in [1.807, 2.05) is 19.1 Å². The van der Waals surface area contributed by atoms with Crippen LogP contribution in [0.5, 0.6) is 0 Å². The Morgan fingerprint density at radius 1 is 1.41 bits per heavy atom. The Kier molecular flexibility index (Phi) is 9.21. The number of hydrogen-bond acceptors (Lipinski definition) is 2. The highest BCUT2D eigenvalue weighted by Crippen LogP contribution is 2.03. The highest BCUT2D eigenvalue weighted by Gasteiger charge is 2.01. The van der Waals surface area contributed by atoms with Gasteiger partial charge in [0.2, 0.25) is 5.91 Å².